The normalized spacial score (nSPS) is 17.2. The van der Waals surface area contributed by atoms with Crippen LogP contribution in [0.2, 0.25) is 0 Å². The summed E-state index contributed by atoms with van der Waals surface area (Å²) in [5.74, 6) is 0.929. The topological polar surface area (TPSA) is 91.4 Å². The maximum atomic E-state index is 12.3. The highest BCUT2D eigenvalue weighted by molar-refractivity contribution is 7.12. The van der Waals surface area contributed by atoms with E-state index >= 15 is 0 Å². The summed E-state index contributed by atoms with van der Waals surface area (Å²) in [4.78, 5) is 16.8. The maximum Gasteiger partial charge on any atom is 0.264 e. The number of amides is 1. The SMILES string of the molecule is COc1csc(C(=O)N2CCN(CC(N)=NO)CC2)c1. The molecule has 1 aromatic rings. The predicted octanol–water partition coefficient (Wildman–Crippen LogP) is 0.261. The first-order chi connectivity index (χ1) is 9.63. The first-order valence-corrected chi connectivity index (χ1v) is 7.12. The fourth-order valence-electron chi connectivity index (χ4n) is 2.06. The third-order valence-corrected chi connectivity index (χ3v) is 4.09. The van der Waals surface area contributed by atoms with Gasteiger partial charge in [0.25, 0.3) is 5.91 Å². The second kappa shape index (κ2) is 6.58. The number of amidine groups is 1. The van der Waals surface area contributed by atoms with E-state index in [-0.39, 0.29) is 11.7 Å². The minimum atomic E-state index is 0.0294. The zero-order valence-electron chi connectivity index (χ0n) is 11.3. The van der Waals surface area contributed by atoms with Gasteiger partial charge in [0.15, 0.2) is 5.84 Å². The van der Waals surface area contributed by atoms with Crippen LogP contribution in [0.3, 0.4) is 0 Å². The molecule has 1 aromatic heterocycles. The van der Waals surface area contributed by atoms with Crippen molar-refractivity contribution in [3.05, 3.63) is 16.3 Å². The first-order valence-electron chi connectivity index (χ1n) is 6.24. The number of piperazine rings is 1. The van der Waals surface area contributed by atoms with E-state index in [4.69, 9.17) is 15.7 Å². The van der Waals surface area contributed by atoms with E-state index in [1.807, 2.05) is 15.2 Å². The van der Waals surface area contributed by atoms with Gasteiger partial charge in [0.1, 0.15) is 5.75 Å². The molecule has 1 fully saturated rings. The van der Waals surface area contributed by atoms with E-state index in [0.717, 1.165) is 0 Å². The first kappa shape index (κ1) is 14.6. The third kappa shape index (κ3) is 3.40. The minimum absolute atomic E-state index is 0.0294. The van der Waals surface area contributed by atoms with Gasteiger partial charge >= 0.3 is 0 Å². The van der Waals surface area contributed by atoms with Gasteiger partial charge in [-0.15, -0.1) is 11.3 Å². The van der Waals surface area contributed by atoms with Gasteiger partial charge in [-0.3, -0.25) is 9.69 Å². The Labute approximate surface area is 121 Å². The van der Waals surface area contributed by atoms with Crippen molar-refractivity contribution in [3.8, 4) is 5.75 Å². The molecule has 0 unspecified atom stereocenters. The number of nitrogens with zero attached hydrogens (tertiary/aromatic N) is 3. The summed E-state index contributed by atoms with van der Waals surface area (Å²) < 4.78 is 5.09. The number of hydrogen-bond donors (Lipinski definition) is 2. The molecule has 0 atom stereocenters. The Morgan fingerprint density at radius 3 is 2.75 bits per heavy atom. The van der Waals surface area contributed by atoms with Crippen molar-refractivity contribution in [2.24, 2.45) is 10.9 Å². The van der Waals surface area contributed by atoms with Crippen molar-refractivity contribution in [2.75, 3.05) is 39.8 Å². The Kier molecular flexibility index (Phi) is 4.80. The largest absolute Gasteiger partial charge is 0.496 e. The summed E-state index contributed by atoms with van der Waals surface area (Å²) in [7, 11) is 1.59. The highest BCUT2D eigenvalue weighted by atomic mass is 32.1. The molecule has 0 aliphatic carbocycles. The number of nitrogens with two attached hydrogens (primary N) is 1. The van der Waals surface area contributed by atoms with Crippen molar-refractivity contribution in [3.63, 3.8) is 0 Å². The Bertz CT molecular complexity index is 495. The second-order valence-corrected chi connectivity index (χ2v) is 5.42. The van der Waals surface area contributed by atoms with Gasteiger partial charge in [-0.25, -0.2) is 0 Å². The molecule has 1 aliphatic heterocycles. The lowest BCUT2D eigenvalue weighted by molar-refractivity contribution is 0.0658. The molecular weight excluding hydrogens is 280 g/mol. The lowest BCUT2D eigenvalue weighted by atomic mass is 10.3. The standard InChI is InChI=1S/C12H18N4O3S/c1-19-9-6-10(20-8-9)12(17)16-4-2-15(3-5-16)7-11(13)14-18/h6,8,18H,2-5,7H2,1H3,(H2,13,14). The van der Waals surface area contributed by atoms with Gasteiger partial charge < -0.3 is 20.6 Å². The monoisotopic (exact) mass is 298 g/mol. The quantitative estimate of drug-likeness (QED) is 0.360. The van der Waals surface area contributed by atoms with Crippen LogP contribution < -0.4 is 10.5 Å². The van der Waals surface area contributed by atoms with Crippen LogP contribution in [-0.2, 0) is 0 Å². The van der Waals surface area contributed by atoms with Crippen LogP contribution in [-0.4, -0.2) is 66.6 Å². The molecule has 1 saturated heterocycles. The number of oxime groups is 1. The van der Waals surface area contributed by atoms with Gasteiger partial charge in [0.05, 0.1) is 18.5 Å². The molecule has 0 saturated carbocycles. The lowest BCUT2D eigenvalue weighted by Gasteiger charge is -2.34. The predicted molar refractivity (Wildman–Crippen MR) is 76.6 cm³/mol. The zero-order valence-corrected chi connectivity index (χ0v) is 12.1. The average Bonchev–Trinajstić information content (AvgIpc) is 2.96. The zero-order chi connectivity index (χ0) is 14.5. The van der Waals surface area contributed by atoms with Crippen LogP contribution in [0.5, 0.6) is 5.75 Å². The molecule has 0 radical (unpaired) electrons. The van der Waals surface area contributed by atoms with E-state index in [9.17, 15) is 4.79 Å². The highest BCUT2D eigenvalue weighted by Gasteiger charge is 2.23. The van der Waals surface area contributed by atoms with Crippen LogP contribution in [0.15, 0.2) is 16.6 Å². The molecule has 20 heavy (non-hydrogen) atoms. The Balaban J connectivity index is 1.88. The molecule has 1 aliphatic rings. The molecule has 1 amide bonds. The van der Waals surface area contributed by atoms with Crippen molar-refractivity contribution in [1.82, 2.24) is 9.80 Å². The summed E-state index contributed by atoms with van der Waals surface area (Å²) in [6.45, 7) is 3.12. The lowest BCUT2D eigenvalue weighted by Crippen LogP contribution is -2.50. The Morgan fingerprint density at radius 1 is 1.50 bits per heavy atom. The van der Waals surface area contributed by atoms with Crippen molar-refractivity contribution >= 4 is 23.1 Å². The minimum Gasteiger partial charge on any atom is -0.496 e. The summed E-state index contributed by atoms with van der Waals surface area (Å²) in [5.41, 5.74) is 5.47. The molecule has 2 heterocycles. The van der Waals surface area contributed by atoms with E-state index in [1.54, 1.807) is 13.2 Å². The number of ether oxygens (including phenoxy) is 1. The van der Waals surface area contributed by atoms with Crippen LogP contribution in [0.25, 0.3) is 0 Å². The van der Waals surface area contributed by atoms with Crippen molar-refractivity contribution < 1.29 is 14.7 Å². The number of thiophene rings is 1. The third-order valence-electron chi connectivity index (χ3n) is 3.20. The van der Waals surface area contributed by atoms with Crippen LogP contribution in [0, 0.1) is 0 Å². The molecule has 0 aromatic carbocycles. The fourth-order valence-corrected chi connectivity index (χ4v) is 2.89. The number of rotatable bonds is 4. The van der Waals surface area contributed by atoms with Gasteiger partial charge in [-0.05, 0) is 0 Å². The summed E-state index contributed by atoms with van der Waals surface area (Å²) in [6.07, 6.45) is 0. The maximum absolute atomic E-state index is 12.3. The van der Waals surface area contributed by atoms with Gasteiger partial charge in [0.2, 0.25) is 0 Å². The Morgan fingerprint density at radius 2 is 2.20 bits per heavy atom. The van der Waals surface area contributed by atoms with E-state index in [2.05, 4.69) is 5.16 Å². The molecule has 110 valence electrons. The molecular formula is C12H18N4O3S. The fraction of sp³-hybridized carbons (Fsp3) is 0.500. The Hall–Kier alpha value is -1.80. The molecule has 0 spiro atoms. The summed E-state index contributed by atoms with van der Waals surface area (Å²) >= 11 is 1.39. The average molecular weight is 298 g/mol. The van der Waals surface area contributed by atoms with Gasteiger partial charge in [-0.2, -0.15) is 0 Å². The number of carbonyl (C=O) groups is 1. The number of hydrogen-bond acceptors (Lipinski definition) is 6. The van der Waals surface area contributed by atoms with Crippen LogP contribution >= 0.6 is 11.3 Å². The van der Waals surface area contributed by atoms with E-state index < -0.39 is 0 Å². The van der Waals surface area contributed by atoms with Crippen LogP contribution in [0.4, 0.5) is 0 Å². The van der Waals surface area contributed by atoms with Gasteiger partial charge in [-0.1, -0.05) is 5.16 Å². The molecule has 3 N–H and O–H groups in total. The van der Waals surface area contributed by atoms with Gasteiger partial charge in [0, 0.05) is 37.6 Å². The van der Waals surface area contributed by atoms with Crippen LogP contribution in [0.1, 0.15) is 9.67 Å². The molecule has 0 bridgehead atoms. The van der Waals surface area contributed by atoms with E-state index in [1.165, 1.54) is 11.3 Å². The molecule has 8 heteroatoms. The second-order valence-electron chi connectivity index (χ2n) is 4.51. The molecule has 7 nitrogen and oxygen atoms in total. The van der Waals surface area contributed by atoms with Crippen molar-refractivity contribution in [2.45, 2.75) is 0 Å². The number of methoxy groups -OCH3 is 1. The highest BCUT2D eigenvalue weighted by Crippen LogP contribution is 2.22. The number of carbonyl (C=O) groups excluding carboxylic acids is 1. The summed E-state index contributed by atoms with van der Waals surface area (Å²) in [6, 6.07) is 1.76. The smallest absolute Gasteiger partial charge is 0.264 e. The summed E-state index contributed by atoms with van der Waals surface area (Å²) in [5, 5.41) is 13.3. The van der Waals surface area contributed by atoms with E-state index in [0.29, 0.717) is 43.4 Å². The van der Waals surface area contributed by atoms with Crippen molar-refractivity contribution in [1.29, 1.82) is 0 Å². The molecule has 2 rings (SSSR count).